The van der Waals surface area contributed by atoms with Crippen LogP contribution in [-0.4, -0.2) is 37.1 Å². The summed E-state index contributed by atoms with van der Waals surface area (Å²) in [4.78, 5) is 9.35. The van der Waals surface area contributed by atoms with Crippen molar-refractivity contribution in [1.82, 2.24) is 29.9 Å². The van der Waals surface area contributed by atoms with E-state index in [-0.39, 0.29) is 0 Å². The molecule has 0 radical (unpaired) electrons. The van der Waals surface area contributed by atoms with Crippen LogP contribution in [0.15, 0.2) is 61.1 Å². The van der Waals surface area contributed by atoms with Gasteiger partial charge in [0.1, 0.15) is 22.7 Å². The monoisotopic (exact) mass is 410 g/mol. The van der Waals surface area contributed by atoms with Gasteiger partial charge in [-0.2, -0.15) is 10.2 Å². The Bertz CT molecular complexity index is 1370. The first-order valence-corrected chi connectivity index (χ1v) is 10.1. The molecule has 154 valence electrons. The summed E-state index contributed by atoms with van der Waals surface area (Å²) in [6.45, 7) is 4.80. The molecule has 1 aromatic carbocycles. The van der Waals surface area contributed by atoms with Gasteiger partial charge in [0.25, 0.3) is 0 Å². The zero-order valence-corrected chi connectivity index (χ0v) is 17.6. The third kappa shape index (κ3) is 3.44. The van der Waals surface area contributed by atoms with Crippen LogP contribution in [0.25, 0.3) is 33.5 Å². The van der Waals surface area contributed by atoms with Crippen LogP contribution >= 0.6 is 0 Å². The van der Waals surface area contributed by atoms with Crippen LogP contribution in [0, 0.1) is 13.8 Å². The molecule has 0 aliphatic rings. The number of fused-ring (bicyclic) bond motifs is 1. The predicted octanol–water partition coefficient (Wildman–Crippen LogP) is 4.56. The zero-order valence-electron chi connectivity index (χ0n) is 17.6. The highest BCUT2D eigenvalue weighted by Crippen LogP contribution is 2.36. The molecule has 0 aliphatic heterocycles. The summed E-state index contributed by atoms with van der Waals surface area (Å²) in [5.41, 5.74) is 8.46. The molecule has 7 nitrogen and oxygen atoms in total. The van der Waals surface area contributed by atoms with Gasteiger partial charge in [0, 0.05) is 29.6 Å². The minimum absolute atomic E-state index is 0.595. The summed E-state index contributed by atoms with van der Waals surface area (Å²) < 4.78 is 7.51. The minimum Gasteiger partial charge on any atom is -0.494 e. The SMILES string of the molecule is COc1cc2[nH]nc(-c3cnn(Cc4ccccn4)c3)c2nc1-c1cccc(C)c1C. The number of aryl methyl sites for hydroxylation is 1. The number of benzene rings is 1. The van der Waals surface area contributed by atoms with E-state index in [1.165, 1.54) is 11.1 Å². The normalized spacial score (nSPS) is 11.2. The summed E-state index contributed by atoms with van der Waals surface area (Å²) in [7, 11) is 1.66. The van der Waals surface area contributed by atoms with Gasteiger partial charge in [-0.1, -0.05) is 24.3 Å². The molecule has 0 unspecified atom stereocenters. The van der Waals surface area contributed by atoms with Crippen LogP contribution < -0.4 is 4.74 Å². The van der Waals surface area contributed by atoms with Crippen molar-refractivity contribution in [2.45, 2.75) is 20.4 Å². The summed E-state index contributed by atoms with van der Waals surface area (Å²) >= 11 is 0. The molecule has 0 aliphatic carbocycles. The summed E-state index contributed by atoms with van der Waals surface area (Å²) in [5, 5.41) is 12.1. The molecule has 0 spiro atoms. The average Bonchev–Trinajstić information content (AvgIpc) is 3.42. The minimum atomic E-state index is 0.595. The van der Waals surface area contributed by atoms with Crippen LogP contribution in [0.2, 0.25) is 0 Å². The predicted molar refractivity (Wildman–Crippen MR) is 120 cm³/mol. The number of methoxy groups -OCH3 is 1. The molecule has 0 saturated heterocycles. The Morgan fingerprint density at radius 1 is 1.06 bits per heavy atom. The van der Waals surface area contributed by atoms with Gasteiger partial charge in [0.15, 0.2) is 0 Å². The topological polar surface area (TPSA) is 81.5 Å². The maximum Gasteiger partial charge on any atom is 0.147 e. The number of nitrogens with one attached hydrogen (secondary N) is 1. The van der Waals surface area contributed by atoms with E-state index in [9.17, 15) is 0 Å². The Morgan fingerprint density at radius 3 is 2.77 bits per heavy atom. The first-order valence-electron chi connectivity index (χ1n) is 10.1. The fraction of sp³-hybridized carbons (Fsp3) is 0.167. The van der Waals surface area contributed by atoms with E-state index in [4.69, 9.17) is 9.72 Å². The fourth-order valence-corrected chi connectivity index (χ4v) is 3.72. The maximum absolute atomic E-state index is 5.65. The highest BCUT2D eigenvalue weighted by atomic mass is 16.5. The van der Waals surface area contributed by atoms with Gasteiger partial charge >= 0.3 is 0 Å². The number of aromatic amines is 1. The van der Waals surface area contributed by atoms with E-state index in [2.05, 4.69) is 46.3 Å². The van der Waals surface area contributed by atoms with Crippen molar-refractivity contribution in [3.05, 3.63) is 77.9 Å². The van der Waals surface area contributed by atoms with Crippen LogP contribution in [0.1, 0.15) is 16.8 Å². The molecule has 7 heteroatoms. The Labute approximate surface area is 179 Å². The zero-order chi connectivity index (χ0) is 21.4. The lowest BCUT2D eigenvalue weighted by atomic mass is 9.99. The van der Waals surface area contributed by atoms with Gasteiger partial charge in [-0.3, -0.25) is 14.8 Å². The van der Waals surface area contributed by atoms with Crippen molar-refractivity contribution in [3.63, 3.8) is 0 Å². The second-order valence-corrected chi connectivity index (χ2v) is 7.50. The number of nitrogens with zero attached hydrogens (tertiary/aromatic N) is 5. The smallest absolute Gasteiger partial charge is 0.147 e. The molecule has 4 heterocycles. The van der Waals surface area contributed by atoms with Gasteiger partial charge in [-0.15, -0.1) is 0 Å². The highest BCUT2D eigenvalue weighted by molar-refractivity contribution is 5.92. The first-order chi connectivity index (χ1) is 15.1. The number of hydrogen-bond acceptors (Lipinski definition) is 5. The number of hydrogen-bond donors (Lipinski definition) is 1. The van der Waals surface area contributed by atoms with Crippen LogP contribution in [0.3, 0.4) is 0 Å². The molecule has 31 heavy (non-hydrogen) atoms. The third-order valence-corrected chi connectivity index (χ3v) is 5.54. The lowest BCUT2D eigenvalue weighted by molar-refractivity contribution is 0.415. The second-order valence-electron chi connectivity index (χ2n) is 7.50. The molecule has 4 aromatic heterocycles. The summed E-state index contributed by atoms with van der Waals surface area (Å²) in [5.74, 6) is 0.710. The van der Waals surface area contributed by atoms with Crippen molar-refractivity contribution < 1.29 is 4.74 Å². The van der Waals surface area contributed by atoms with Gasteiger partial charge in [0.2, 0.25) is 0 Å². The van der Waals surface area contributed by atoms with Crippen molar-refractivity contribution in [3.8, 4) is 28.3 Å². The van der Waals surface area contributed by atoms with Gasteiger partial charge < -0.3 is 4.74 Å². The van der Waals surface area contributed by atoms with E-state index in [1.54, 1.807) is 13.3 Å². The Balaban J connectivity index is 1.59. The first kappa shape index (κ1) is 19.0. The molecule has 0 atom stereocenters. The largest absolute Gasteiger partial charge is 0.494 e. The van der Waals surface area contributed by atoms with E-state index < -0.39 is 0 Å². The van der Waals surface area contributed by atoms with E-state index in [0.717, 1.165) is 39.2 Å². The highest BCUT2D eigenvalue weighted by Gasteiger charge is 2.18. The van der Waals surface area contributed by atoms with Crippen molar-refractivity contribution in [2.24, 2.45) is 0 Å². The second kappa shape index (κ2) is 7.68. The van der Waals surface area contributed by atoms with Crippen LogP contribution in [-0.2, 0) is 6.54 Å². The third-order valence-electron chi connectivity index (χ3n) is 5.54. The number of pyridine rings is 2. The van der Waals surface area contributed by atoms with Crippen LogP contribution in [0.5, 0.6) is 5.75 Å². The average molecular weight is 410 g/mol. The van der Waals surface area contributed by atoms with Crippen molar-refractivity contribution in [1.29, 1.82) is 0 Å². The fourth-order valence-electron chi connectivity index (χ4n) is 3.72. The number of rotatable bonds is 5. The Kier molecular flexibility index (Phi) is 4.71. The van der Waals surface area contributed by atoms with E-state index >= 15 is 0 Å². The number of H-pyrrole nitrogens is 1. The lowest BCUT2D eigenvalue weighted by Gasteiger charge is -2.12. The molecule has 1 N–H and O–H groups in total. The molecule has 0 saturated carbocycles. The lowest BCUT2D eigenvalue weighted by Crippen LogP contribution is -2.01. The summed E-state index contributed by atoms with van der Waals surface area (Å²) in [6, 6.07) is 14.0. The maximum atomic E-state index is 5.65. The van der Waals surface area contributed by atoms with Gasteiger partial charge in [-0.05, 0) is 37.1 Å². The van der Waals surface area contributed by atoms with E-state index in [0.29, 0.717) is 12.3 Å². The van der Waals surface area contributed by atoms with E-state index in [1.807, 2.05) is 47.4 Å². The molecular formula is C24H22N6O. The van der Waals surface area contributed by atoms with Gasteiger partial charge in [0.05, 0.1) is 31.1 Å². The Morgan fingerprint density at radius 2 is 1.97 bits per heavy atom. The molecular weight excluding hydrogens is 388 g/mol. The standard InChI is InChI=1S/C24H22N6O/c1-15-7-6-9-19(16(15)2)23-21(31-3)11-20-24(27-23)22(29-28-20)17-12-26-30(13-17)14-18-8-4-5-10-25-18/h4-13H,14H2,1-3H3,(H,28,29). The number of aromatic nitrogens is 6. The van der Waals surface area contributed by atoms with Crippen molar-refractivity contribution >= 4 is 11.0 Å². The van der Waals surface area contributed by atoms with Gasteiger partial charge in [-0.25, -0.2) is 4.98 Å². The van der Waals surface area contributed by atoms with Crippen molar-refractivity contribution in [2.75, 3.05) is 7.11 Å². The molecule has 0 fully saturated rings. The number of ether oxygens (including phenoxy) is 1. The van der Waals surface area contributed by atoms with Crippen LogP contribution in [0.4, 0.5) is 0 Å². The molecule has 0 bridgehead atoms. The quantitative estimate of drug-likeness (QED) is 0.459. The summed E-state index contributed by atoms with van der Waals surface area (Å²) in [6.07, 6.45) is 5.56. The molecule has 5 aromatic rings. The molecule has 0 amide bonds. The Hall–Kier alpha value is -4.00. The molecule has 5 rings (SSSR count).